The van der Waals surface area contributed by atoms with E-state index in [2.05, 4.69) is 19.2 Å². The number of benzene rings is 2. The summed E-state index contributed by atoms with van der Waals surface area (Å²) in [5, 5.41) is 2.88. The van der Waals surface area contributed by atoms with Gasteiger partial charge in [0.1, 0.15) is 0 Å². The molecule has 0 saturated heterocycles. The van der Waals surface area contributed by atoms with Gasteiger partial charge in [-0.3, -0.25) is 0 Å². The molecule has 168 valence electrons. The molecule has 2 aromatic carbocycles. The van der Waals surface area contributed by atoms with Crippen LogP contribution in [0, 0.1) is 13.8 Å². The van der Waals surface area contributed by atoms with Crippen LogP contribution in [0.4, 0.5) is 5.69 Å². The number of para-hydroxylation sites is 1. The summed E-state index contributed by atoms with van der Waals surface area (Å²) in [6.45, 7) is 8.67. The summed E-state index contributed by atoms with van der Waals surface area (Å²) in [7, 11) is -2.25. The zero-order chi connectivity index (χ0) is 22.5. The monoisotopic (exact) mass is 441 g/mol. The Morgan fingerprint density at radius 3 is 2.10 bits per heavy atom. The molecule has 31 heavy (non-hydrogen) atoms. The molecule has 0 radical (unpaired) electrons. The summed E-state index contributed by atoms with van der Waals surface area (Å²) >= 11 is 0. The van der Waals surface area contributed by atoms with Crippen LogP contribution in [-0.2, 0) is 20.9 Å². The van der Waals surface area contributed by atoms with E-state index in [0.29, 0.717) is 12.8 Å². The van der Waals surface area contributed by atoms with Gasteiger partial charge in [0.2, 0.25) is 0 Å². The molecule has 0 aromatic heterocycles. The van der Waals surface area contributed by atoms with Gasteiger partial charge in [0.15, 0.2) is 0 Å². The first-order valence-corrected chi connectivity index (χ1v) is 14.1. The molecular weight excluding hydrogens is 405 g/mol. The molecule has 3 rings (SSSR count). The standard InChI is InChI=1S/C26H36NO3P/c1-5-31(6-2,19-23(28)30-18-22-14-8-7-9-15-22)26(16-11-17-26)25(29)27-24-20(3)12-10-13-21(24)4/h7-10,12-15,31H,5-6,11,16-19H2,1-4H3,(H,27,29). The van der Waals surface area contributed by atoms with Gasteiger partial charge in [0.05, 0.1) is 0 Å². The van der Waals surface area contributed by atoms with Crippen LogP contribution >= 0.6 is 7.26 Å². The van der Waals surface area contributed by atoms with E-state index in [4.69, 9.17) is 4.74 Å². The van der Waals surface area contributed by atoms with Crippen LogP contribution in [0.3, 0.4) is 0 Å². The van der Waals surface area contributed by atoms with Gasteiger partial charge in [-0.05, 0) is 0 Å². The topological polar surface area (TPSA) is 55.4 Å². The van der Waals surface area contributed by atoms with Gasteiger partial charge in [0, 0.05) is 0 Å². The van der Waals surface area contributed by atoms with Crippen molar-refractivity contribution in [2.45, 2.75) is 58.7 Å². The van der Waals surface area contributed by atoms with Crippen LogP contribution in [0.15, 0.2) is 48.5 Å². The summed E-state index contributed by atoms with van der Waals surface area (Å²) in [6, 6.07) is 15.8. The van der Waals surface area contributed by atoms with Gasteiger partial charge in [-0.2, -0.15) is 0 Å². The molecule has 1 amide bonds. The number of aryl methyl sites for hydroxylation is 2. The Labute approximate surface area is 187 Å². The van der Waals surface area contributed by atoms with Crippen molar-refractivity contribution < 1.29 is 14.3 Å². The van der Waals surface area contributed by atoms with E-state index < -0.39 is 12.4 Å². The number of ether oxygens (including phenoxy) is 1. The first-order valence-electron chi connectivity index (χ1n) is 11.4. The summed E-state index contributed by atoms with van der Waals surface area (Å²) in [5.41, 5.74) is 4.05. The first kappa shape index (κ1) is 23.5. The normalized spacial score (nSPS) is 15.6. The van der Waals surface area contributed by atoms with Gasteiger partial charge < -0.3 is 0 Å². The number of esters is 1. The fourth-order valence-electron chi connectivity index (χ4n) is 5.18. The minimum atomic E-state index is -2.25. The van der Waals surface area contributed by atoms with E-state index >= 15 is 0 Å². The van der Waals surface area contributed by atoms with E-state index in [9.17, 15) is 9.59 Å². The summed E-state index contributed by atoms with van der Waals surface area (Å²) in [6.07, 6.45) is 5.03. The second-order valence-corrected chi connectivity index (χ2v) is 14.3. The van der Waals surface area contributed by atoms with Gasteiger partial charge in [-0.25, -0.2) is 0 Å². The molecular formula is C26H36NO3P. The average molecular weight is 442 g/mol. The van der Waals surface area contributed by atoms with E-state index in [0.717, 1.165) is 54.0 Å². The van der Waals surface area contributed by atoms with Crippen LogP contribution in [-0.4, -0.2) is 35.5 Å². The first-order chi connectivity index (χ1) is 14.9. The third kappa shape index (κ3) is 4.70. The number of hydrogen-bond acceptors (Lipinski definition) is 3. The van der Waals surface area contributed by atoms with E-state index in [1.165, 1.54) is 0 Å². The summed E-state index contributed by atoms with van der Waals surface area (Å²) in [4.78, 5) is 26.6. The van der Waals surface area contributed by atoms with Crippen LogP contribution in [0.1, 0.15) is 49.8 Å². The van der Waals surface area contributed by atoms with Crippen molar-refractivity contribution >= 4 is 24.8 Å². The second-order valence-electron chi connectivity index (χ2n) is 8.97. The maximum absolute atomic E-state index is 13.7. The Kier molecular flexibility index (Phi) is 7.54. The Hall–Kier alpha value is -2.19. The quantitative estimate of drug-likeness (QED) is 0.401. The van der Waals surface area contributed by atoms with Crippen molar-refractivity contribution in [1.82, 2.24) is 0 Å². The number of anilines is 1. The number of amides is 1. The van der Waals surface area contributed by atoms with Crippen molar-refractivity contribution in [1.29, 1.82) is 0 Å². The van der Waals surface area contributed by atoms with Crippen LogP contribution in [0.5, 0.6) is 0 Å². The molecule has 1 N–H and O–H groups in total. The molecule has 1 aliphatic carbocycles. The fraction of sp³-hybridized carbons (Fsp3) is 0.462. The van der Waals surface area contributed by atoms with Crippen molar-refractivity contribution in [3.63, 3.8) is 0 Å². The maximum atomic E-state index is 13.7. The molecule has 0 bridgehead atoms. The average Bonchev–Trinajstić information content (AvgIpc) is 2.74. The van der Waals surface area contributed by atoms with Crippen molar-refractivity contribution in [3.8, 4) is 0 Å². The second kappa shape index (κ2) is 9.96. The van der Waals surface area contributed by atoms with Crippen LogP contribution in [0.2, 0.25) is 0 Å². The molecule has 4 nitrogen and oxygen atoms in total. The van der Waals surface area contributed by atoms with Crippen LogP contribution < -0.4 is 5.32 Å². The molecule has 2 aromatic rings. The molecule has 0 atom stereocenters. The summed E-state index contributed by atoms with van der Waals surface area (Å²) < 4.78 is 5.65. The van der Waals surface area contributed by atoms with Gasteiger partial charge in [-0.15, -0.1) is 0 Å². The van der Waals surface area contributed by atoms with E-state index in [1.54, 1.807) is 0 Å². The fourth-order valence-corrected chi connectivity index (χ4v) is 10.5. The van der Waals surface area contributed by atoms with Crippen molar-refractivity contribution in [3.05, 3.63) is 65.2 Å². The Morgan fingerprint density at radius 2 is 1.58 bits per heavy atom. The number of hydrogen-bond donors (Lipinski definition) is 1. The molecule has 0 heterocycles. The molecule has 1 fully saturated rings. The Balaban J connectivity index is 1.79. The number of carbonyl (C=O) groups excluding carboxylic acids is 2. The zero-order valence-electron chi connectivity index (χ0n) is 19.3. The van der Waals surface area contributed by atoms with Crippen molar-refractivity contribution in [2.75, 3.05) is 23.8 Å². The molecule has 1 aliphatic rings. The Bertz CT molecular complexity index is 897. The minimum absolute atomic E-state index is 0.113. The molecule has 0 aliphatic heterocycles. The Morgan fingerprint density at radius 1 is 0.968 bits per heavy atom. The van der Waals surface area contributed by atoms with Crippen LogP contribution in [0.25, 0.3) is 0 Å². The number of rotatable bonds is 9. The van der Waals surface area contributed by atoms with E-state index in [1.807, 2.05) is 62.4 Å². The SMILES string of the molecule is CC[PH](CC)(CC(=O)OCc1ccccc1)C1(C(=O)Nc2c(C)cccc2C)CCC1. The van der Waals surface area contributed by atoms with Gasteiger partial charge in [0.25, 0.3) is 0 Å². The molecule has 0 spiro atoms. The number of nitrogens with one attached hydrogen (secondary N) is 1. The zero-order valence-corrected chi connectivity index (χ0v) is 20.3. The van der Waals surface area contributed by atoms with E-state index in [-0.39, 0.29) is 11.9 Å². The van der Waals surface area contributed by atoms with Gasteiger partial charge >= 0.3 is 187 Å². The van der Waals surface area contributed by atoms with Gasteiger partial charge in [-0.1, -0.05) is 0 Å². The predicted octanol–water partition coefficient (Wildman–Crippen LogP) is 5.70. The summed E-state index contributed by atoms with van der Waals surface area (Å²) in [5.74, 6) is -0.0484. The number of carbonyl (C=O) groups is 2. The molecule has 0 unspecified atom stereocenters. The van der Waals surface area contributed by atoms with Crippen molar-refractivity contribution in [2.24, 2.45) is 0 Å². The third-order valence-electron chi connectivity index (χ3n) is 7.46. The molecule has 1 saturated carbocycles. The third-order valence-corrected chi connectivity index (χ3v) is 13.9. The molecule has 5 heteroatoms. The predicted molar refractivity (Wildman–Crippen MR) is 132 cm³/mol.